The van der Waals surface area contributed by atoms with Crippen LogP contribution in [0, 0.1) is 0 Å². The lowest BCUT2D eigenvalue weighted by Crippen LogP contribution is -2.41. The van der Waals surface area contributed by atoms with Crippen LogP contribution >= 0.6 is 23.2 Å². The van der Waals surface area contributed by atoms with Crippen LogP contribution in [0.4, 0.5) is 4.79 Å². The molecule has 2 amide bonds. The number of carbonyl (C=O) groups excluding carboxylic acids is 2. The van der Waals surface area contributed by atoms with Crippen molar-refractivity contribution in [2.45, 2.75) is 25.4 Å². The van der Waals surface area contributed by atoms with E-state index in [1.54, 1.807) is 24.4 Å². The van der Waals surface area contributed by atoms with Gasteiger partial charge in [0.25, 0.3) is 0 Å². The predicted molar refractivity (Wildman–Crippen MR) is 175 cm³/mol. The van der Waals surface area contributed by atoms with Gasteiger partial charge in [-0.05, 0) is 30.7 Å². The molecule has 1 aliphatic heterocycles. The van der Waals surface area contributed by atoms with Crippen LogP contribution < -0.4 is 10.1 Å². The number of nitrogens with one attached hydrogen (secondary N) is 1. The molecule has 2 aromatic carbocycles. The number of fused-ring (bicyclic) bond motifs is 1. The standard InChI is InChI=1S/C34H27Cl2N5O5/c1-46-33-20(16-41(34(44)45)17-22-9-11-30(43)39-22)8-10-27(40-33)25-6-2-4-23(31(25)35)24-5-3-7-26(32(24)36)29-13-28-21(15-38-29)12-19(18-42)14-37-28/h2-8,10,12-15,18,22H,9,11,16-17H2,1H3,(H,39,43)(H,44,45). The van der Waals surface area contributed by atoms with Crippen molar-refractivity contribution in [3.63, 3.8) is 0 Å². The summed E-state index contributed by atoms with van der Waals surface area (Å²) in [5, 5.41) is 14.2. The maximum atomic E-state index is 12.0. The molecular weight excluding hydrogens is 629 g/mol. The minimum atomic E-state index is -1.11. The van der Waals surface area contributed by atoms with Crippen LogP contribution in [0.2, 0.25) is 10.0 Å². The largest absolute Gasteiger partial charge is 0.481 e. The van der Waals surface area contributed by atoms with Gasteiger partial charge in [0, 0.05) is 70.2 Å². The average molecular weight is 657 g/mol. The molecule has 12 heteroatoms. The molecule has 1 fully saturated rings. The number of methoxy groups -OCH3 is 1. The van der Waals surface area contributed by atoms with E-state index in [2.05, 4.69) is 20.3 Å². The van der Waals surface area contributed by atoms with E-state index in [4.69, 9.17) is 27.9 Å². The van der Waals surface area contributed by atoms with Crippen molar-refractivity contribution in [2.75, 3.05) is 13.7 Å². The van der Waals surface area contributed by atoms with Gasteiger partial charge in [-0.15, -0.1) is 0 Å². The second-order valence-electron chi connectivity index (χ2n) is 10.8. The number of nitrogens with zero attached hydrogens (tertiary/aromatic N) is 4. The molecule has 232 valence electrons. The number of rotatable bonds is 9. The highest BCUT2D eigenvalue weighted by Crippen LogP contribution is 2.42. The number of ether oxygens (including phenoxy) is 1. The molecule has 0 radical (unpaired) electrons. The van der Waals surface area contributed by atoms with Crippen molar-refractivity contribution >= 4 is 52.4 Å². The lowest BCUT2D eigenvalue weighted by Gasteiger charge is -2.23. The van der Waals surface area contributed by atoms with Crippen LogP contribution in [0.5, 0.6) is 5.88 Å². The summed E-state index contributed by atoms with van der Waals surface area (Å²) in [6.07, 6.45) is 3.77. The van der Waals surface area contributed by atoms with E-state index in [1.807, 2.05) is 42.5 Å². The molecular formula is C34H27Cl2N5O5. The molecule has 4 heterocycles. The van der Waals surface area contributed by atoms with Gasteiger partial charge in [0.1, 0.15) is 0 Å². The van der Waals surface area contributed by atoms with Crippen LogP contribution in [-0.2, 0) is 11.3 Å². The summed E-state index contributed by atoms with van der Waals surface area (Å²) in [5.41, 5.74) is 5.56. The van der Waals surface area contributed by atoms with Gasteiger partial charge in [0.15, 0.2) is 6.29 Å². The summed E-state index contributed by atoms with van der Waals surface area (Å²) in [6, 6.07) is 18.0. The third-order valence-corrected chi connectivity index (χ3v) is 8.67. The molecule has 0 bridgehead atoms. The van der Waals surface area contributed by atoms with E-state index in [0.29, 0.717) is 73.2 Å². The number of aldehydes is 1. The Morgan fingerprint density at radius 2 is 1.70 bits per heavy atom. The monoisotopic (exact) mass is 655 g/mol. The fourth-order valence-corrected chi connectivity index (χ4v) is 6.19. The van der Waals surface area contributed by atoms with Crippen molar-refractivity contribution in [1.82, 2.24) is 25.2 Å². The van der Waals surface area contributed by atoms with Gasteiger partial charge in [0.2, 0.25) is 11.8 Å². The quantitative estimate of drug-likeness (QED) is 0.164. The van der Waals surface area contributed by atoms with Crippen molar-refractivity contribution in [3.8, 4) is 39.5 Å². The first kappa shape index (κ1) is 30.9. The van der Waals surface area contributed by atoms with Crippen LogP contribution in [0.25, 0.3) is 44.5 Å². The summed E-state index contributed by atoms with van der Waals surface area (Å²) < 4.78 is 5.56. The minimum absolute atomic E-state index is 0.0326. The molecule has 46 heavy (non-hydrogen) atoms. The number of pyridine rings is 3. The van der Waals surface area contributed by atoms with E-state index in [1.165, 1.54) is 18.2 Å². The molecule has 6 rings (SSSR count). The second-order valence-corrected chi connectivity index (χ2v) is 11.6. The molecule has 1 aliphatic rings. The van der Waals surface area contributed by atoms with E-state index >= 15 is 0 Å². The number of hydrogen-bond donors (Lipinski definition) is 2. The number of carboxylic acid groups (broad SMARTS) is 1. The SMILES string of the molecule is COc1nc(-c2cccc(-c3cccc(-c4cc5ncc(C=O)cc5cn4)c3Cl)c2Cl)ccc1CN(CC1CCC(=O)N1)C(=O)O. The first-order chi connectivity index (χ1) is 22.2. The number of halogens is 2. The van der Waals surface area contributed by atoms with E-state index in [-0.39, 0.29) is 30.9 Å². The van der Waals surface area contributed by atoms with Crippen LogP contribution in [0.3, 0.4) is 0 Å². The fourth-order valence-electron chi connectivity index (χ4n) is 5.54. The first-order valence-electron chi connectivity index (χ1n) is 14.4. The minimum Gasteiger partial charge on any atom is -0.481 e. The third kappa shape index (κ3) is 6.22. The molecule has 2 N–H and O–H groups in total. The van der Waals surface area contributed by atoms with Crippen LogP contribution in [0.1, 0.15) is 28.8 Å². The van der Waals surface area contributed by atoms with Crippen LogP contribution in [-0.4, -0.2) is 62.9 Å². The summed E-state index contributed by atoms with van der Waals surface area (Å²) in [7, 11) is 1.47. The van der Waals surface area contributed by atoms with Crippen molar-refractivity contribution in [1.29, 1.82) is 0 Å². The highest BCUT2D eigenvalue weighted by atomic mass is 35.5. The maximum absolute atomic E-state index is 12.0. The Morgan fingerprint density at radius 3 is 2.33 bits per heavy atom. The molecule has 1 unspecified atom stereocenters. The summed E-state index contributed by atoms with van der Waals surface area (Å²) in [4.78, 5) is 49.6. The lowest BCUT2D eigenvalue weighted by molar-refractivity contribution is -0.119. The fraction of sp³-hybridized carbons (Fsp3) is 0.176. The van der Waals surface area contributed by atoms with Gasteiger partial charge in [-0.2, -0.15) is 0 Å². The normalized spacial score (nSPS) is 14.2. The smallest absolute Gasteiger partial charge is 0.407 e. The summed E-state index contributed by atoms with van der Waals surface area (Å²) in [6.45, 7) is 0.191. The number of carbonyl (C=O) groups is 3. The topological polar surface area (TPSA) is 135 Å². The first-order valence-corrected chi connectivity index (χ1v) is 15.1. The Labute approximate surface area is 274 Å². The number of hydrogen-bond acceptors (Lipinski definition) is 7. The molecule has 3 aromatic heterocycles. The van der Waals surface area contributed by atoms with Crippen molar-refractivity contribution in [3.05, 3.63) is 94.2 Å². The molecule has 0 saturated carbocycles. The van der Waals surface area contributed by atoms with E-state index in [0.717, 1.165) is 11.7 Å². The predicted octanol–water partition coefficient (Wildman–Crippen LogP) is 6.91. The molecule has 1 saturated heterocycles. The average Bonchev–Trinajstić information content (AvgIpc) is 3.48. The van der Waals surface area contributed by atoms with Crippen LogP contribution in [0.15, 0.2) is 73.1 Å². The number of aromatic nitrogens is 3. The number of amides is 2. The van der Waals surface area contributed by atoms with Crippen molar-refractivity contribution in [2.24, 2.45) is 0 Å². The zero-order valence-corrected chi connectivity index (χ0v) is 26.0. The molecule has 10 nitrogen and oxygen atoms in total. The Bertz CT molecular complexity index is 2000. The molecule has 0 spiro atoms. The number of benzene rings is 2. The summed E-state index contributed by atoms with van der Waals surface area (Å²) >= 11 is 14.0. The van der Waals surface area contributed by atoms with Gasteiger partial charge >= 0.3 is 6.09 Å². The molecule has 1 atom stereocenters. The van der Waals surface area contributed by atoms with Gasteiger partial charge in [0.05, 0.1) is 40.6 Å². The van der Waals surface area contributed by atoms with E-state index in [9.17, 15) is 19.5 Å². The highest BCUT2D eigenvalue weighted by molar-refractivity contribution is 6.39. The Hall–Kier alpha value is -5.06. The van der Waals surface area contributed by atoms with E-state index < -0.39 is 6.09 Å². The molecule has 0 aliphatic carbocycles. The van der Waals surface area contributed by atoms with Gasteiger partial charge < -0.3 is 20.1 Å². The highest BCUT2D eigenvalue weighted by Gasteiger charge is 2.26. The zero-order chi connectivity index (χ0) is 32.4. The third-order valence-electron chi connectivity index (χ3n) is 7.85. The Morgan fingerprint density at radius 1 is 1.00 bits per heavy atom. The summed E-state index contributed by atoms with van der Waals surface area (Å²) in [5.74, 6) is 0.181. The van der Waals surface area contributed by atoms with Gasteiger partial charge in [-0.3, -0.25) is 19.6 Å². The second kappa shape index (κ2) is 13.1. The van der Waals surface area contributed by atoms with Crippen molar-refractivity contribution < 1.29 is 24.2 Å². The molecule has 5 aromatic rings. The van der Waals surface area contributed by atoms with Gasteiger partial charge in [-0.25, -0.2) is 9.78 Å². The lowest BCUT2D eigenvalue weighted by atomic mass is 9.98. The Kier molecular flexibility index (Phi) is 8.83. The Balaban J connectivity index is 1.31. The van der Waals surface area contributed by atoms with Gasteiger partial charge in [-0.1, -0.05) is 59.6 Å². The zero-order valence-electron chi connectivity index (χ0n) is 24.5. The maximum Gasteiger partial charge on any atom is 0.407 e.